The van der Waals surface area contributed by atoms with Gasteiger partial charge >= 0.3 is 5.97 Å². The maximum Gasteiger partial charge on any atom is 0.337 e. The van der Waals surface area contributed by atoms with E-state index in [0.29, 0.717) is 11.1 Å². The monoisotopic (exact) mass is 223 g/mol. The zero-order valence-corrected chi connectivity index (χ0v) is 8.23. The van der Waals surface area contributed by atoms with Crippen LogP contribution in [0, 0.1) is 0 Å². The van der Waals surface area contributed by atoms with Crippen molar-refractivity contribution in [2.24, 2.45) is 0 Å². The zero-order chi connectivity index (χ0) is 10.8. The molecule has 0 unspecified atom stereocenters. The molecule has 0 amide bonds. The van der Waals surface area contributed by atoms with Crippen molar-refractivity contribution in [3.05, 3.63) is 41.2 Å². The van der Waals surface area contributed by atoms with Crippen molar-refractivity contribution in [1.82, 2.24) is 5.16 Å². The molecule has 5 heteroatoms. The number of halogens is 1. The normalized spacial score (nSPS) is 10.2. The number of carboxylic acids is 1. The molecule has 2 aromatic rings. The molecular formula is C10H6ClNO3. The Morgan fingerprint density at radius 2 is 2.20 bits per heavy atom. The maximum atomic E-state index is 10.8. The second kappa shape index (κ2) is 3.74. The van der Waals surface area contributed by atoms with Gasteiger partial charge in [-0.1, -0.05) is 22.8 Å². The Labute approximate surface area is 90.1 Å². The summed E-state index contributed by atoms with van der Waals surface area (Å²) in [5.41, 5.74) is 1.49. The molecule has 0 radical (unpaired) electrons. The lowest BCUT2D eigenvalue weighted by molar-refractivity contribution is 0.0697. The van der Waals surface area contributed by atoms with Crippen molar-refractivity contribution >= 4 is 17.6 Å². The van der Waals surface area contributed by atoms with Gasteiger partial charge in [0, 0.05) is 5.56 Å². The summed E-state index contributed by atoms with van der Waals surface area (Å²) in [6.45, 7) is 0. The Morgan fingerprint density at radius 3 is 2.80 bits per heavy atom. The molecule has 0 saturated carbocycles. The van der Waals surface area contributed by atoms with E-state index < -0.39 is 5.97 Å². The Morgan fingerprint density at radius 1 is 1.40 bits per heavy atom. The van der Waals surface area contributed by atoms with Crippen LogP contribution in [0.25, 0.3) is 11.1 Å². The van der Waals surface area contributed by atoms with Crippen LogP contribution in [0.2, 0.25) is 5.02 Å². The molecule has 0 saturated heterocycles. The highest BCUT2D eigenvalue weighted by Crippen LogP contribution is 2.24. The van der Waals surface area contributed by atoms with Gasteiger partial charge in [0.1, 0.15) is 6.26 Å². The molecule has 0 aliphatic carbocycles. The van der Waals surface area contributed by atoms with Crippen molar-refractivity contribution in [3.63, 3.8) is 0 Å². The van der Waals surface area contributed by atoms with Gasteiger partial charge in [0.05, 0.1) is 16.8 Å². The summed E-state index contributed by atoms with van der Waals surface area (Å²) in [5.74, 6) is -1.06. The molecule has 0 spiro atoms. The second-order valence-corrected chi connectivity index (χ2v) is 3.32. The molecule has 76 valence electrons. The lowest BCUT2D eigenvalue weighted by atomic mass is 10.1. The van der Waals surface area contributed by atoms with E-state index in [0.717, 1.165) is 0 Å². The van der Waals surface area contributed by atoms with Gasteiger partial charge in [0.15, 0.2) is 0 Å². The number of hydrogen-bond donors (Lipinski definition) is 1. The molecule has 0 bridgehead atoms. The molecule has 1 aromatic heterocycles. The van der Waals surface area contributed by atoms with Crippen molar-refractivity contribution in [1.29, 1.82) is 0 Å². The van der Waals surface area contributed by atoms with Crippen LogP contribution in [0.3, 0.4) is 0 Å². The van der Waals surface area contributed by atoms with Crippen molar-refractivity contribution in [3.8, 4) is 11.1 Å². The number of benzene rings is 1. The van der Waals surface area contributed by atoms with Gasteiger partial charge in [-0.3, -0.25) is 0 Å². The fourth-order valence-electron chi connectivity index (χ4n) is 1.22. The molecule has 15 heavy (non-hydrogen) atoms. The number of aromatic carboxylic acids is 1. The topological polar surface area (TPSA) is 63.3 Å². The van der Waals surface area contributed by atoms with Gasteiger partial charge in [0.2, 0.25) is 0 Å². The van der Waals surface area contributed by atoms with E-state index in [9.17, 15) is 4.79 Å². The molecule has 0 fully saturated rings. The van der Waals surface area contributed by atoms with Crippen LogP contribution in [-0.4, -0.2) is 16.2 Å². The Kier molecular flexibility index (Phi) is 2.43. The first-order valence-corrected chi connectivity index (χ1v) is 4.49. The fourth-order valence-corrected chi connectivity index (χ4v) is 1.41. The van der Waals surface area contributed by atoms with Gasteiger partial charge in [0.25, 0.3) is 0 Å². The molecule has 1 heterocycles. The number of nitrogens with zero attached hydrogens (tertiary/aromatic N) is 1. The fraction of sp³-hybridized carbons (Fsp3) is 0. The minimum atomic E-state index is -1.06. The van der Waals surface area contributed by atoms with E-state index in [2.05, 4.69) is 9.68 Å². The highest BCUT2D eigenvalue weighted by atomic mass is 35.5. The predicted molar refractivity (Wildman–Crippen MR) is 53.9 cm³/mol. The molecule has 0 atom stereocenters. The van der Waals surface area contributed by atoms with E-state index in [4.69, 9.17) is 16.7 Å². The first kappa shape index (κ1) is 9.73. The minimum Gasteiger partial charge on any atom is -0.478 e. The predicted octanol–water partition coefficient (Wildman–Crippen LogP) is 2.69. The van der Waals surface area contributed by atoms with Crippen molar-refractivity contribution in [2.45, 2.75) is 0 Å². The number of rotatable bonds is 2. The highest BCUT2D eigenvalue weighted by Gasteiger charge is 2.10. The average Bonchev–Trinajstić information content (AvgIpc) is 2.71. The highest BCUT2D eigenvalue weighted by molar-refractivity contribution is 6.33. The Bertz CT molecular complexity index is 493. The van der Waals surface area contributed by atoms with Crippen LogP contribution in [0.5, 0.6) is 0 Å². The molecule has 0 aliphatic rings. The van der Waals surface area contributed by atoms with E-state index in [1.807, 2.05) is 0 Å². The van der Waals surface area contributed by atoms with Crippen LogP contribution < -0.4 is 0 Å². The van der Waals surface area contributed by atoms with E-state index >= 15 is 0 Å². The zero-order valence-electron chi connectivity index (χ0n) is 7.48. The SMILES string of the molecule is O=C(O)c1cc(-c2cnoc2)ccc1Cl. The van der Waals surface area contributed by atoms with Gasteiger partial charge in [-0.2, -0.15) is 0 Å². The lowest BCUT2D eigenvalue weighted by Gasteiger charge is -2.01. The van der Waals surface area contributed by atoms with Crippen LogP contribution in [0.1, 0.15) is 10.4 Å². The summed E-state index contributed by atoms with van der Waals surface area (Å²) < 4.78 is 4.67. The summed E-state index contributed by atoms with van der Waals surface area (Å²) in [7, 11) is 0. The Hall–Kier alpha value is -1.81. The first-order chi connectivity index (χ1) is 7.18. The summed E-state index contributed by atoms with van der Waals surface area (Å²) in [5, 5.41) is 12.6. The molecule has 2 rings (SSSR count). The van der Waals surface area contributed by atoms with E-state index in [1.165, 1.54) is 24.6 Å². The average molecular weight is 224 g/mol. The van der Waals surface area contributed by atoms with Crippen LogP contribution in [0.4, 0.5) is 0 Å². The lowest BCUT2D eigenvalue weighted by Crippen LogP contribution is -1.97. The largest absolute Gasteiger partial charge is 0.478 e. The number of aromatic nitrogens is 1. The van der Waals surface area contributed by atoms with Crippen LogP contribution >= 0.6 is 11.6 Å². The minimum absolute atomic E-state index is 0.0652. The second-order valence-electron chi connectivity index (χ2n) is 2.91. The quantitative estimate of drug-likeness (QED) is 0.850. The third-order valence-electron chi connectivity index (χ3n) is 1.96. The van der Waals surface area contributed by atoms with Gasteiger partial charge < -0.3 is 9.63 Å². The van der Waals surface area contributed by atoms with Gasteiger partial charge in [-0.05, 0) is 17.7 Å². The van der Waals surface area contributed by atoms with Crippen molar-refractivity contribution in [2.75, 3.05) is 0 Å². The Balaban J connectivity index is 2.52. The van der Waals surface area contributed by atoms with Crippen LogP contribution in [0.15, 0.2) is 35.2 Å². The maximum absolute atomic E-state index is 10.8. The summed E-state index contributed by atoms with van der Waals surface area (Å²) in [4.78, 5) is 10.8. The summed E-state index contributed by atoms with van der Waals surface area (Å²) in [6.07, 6.45) is 2.95. The molecule has 4 nitrogen and oxygen atoms in total. The van der Waals surface area contributed by atoms with E-state index in [1.54, 1.807) is 6.07 Å². The number of hydrogen-bond acceptors (Lipinski definition) is 3. The number of carbonyl (C=O) groups is 1. The van der Waals surface area contributed by atoms with E-state index in [-0.39, 0.29) is 10.6 Å². The van der Waals surface area contributed by atoms with Crippen molar-refractivity contribution < 1.29 is 14.4 Å². The molecular weight excluding hydrogens is 218 g/mol. The third-order valence-corrected chi connectivity index (χ3v) is 2.29. The third kappa shape index (κ3) is 1.85. The van der Waals surface area contributed by atoms with Gasteiger partial charge in [-0.25, -0.2) is 4.79 Å². The first-order valence-electron chi connectivity index (χ1n) is 4.11. The summed E-state index contributed by atoms with van der Waals surface area (Å²) in [6, 6.07) is 4.73. The molecule has 0 aliphatic heterocycles. The molecule has 1 N–H and O–H groups in total. The number of carboxylic acid groups (broad SMARTS) is 1. The smallest absolute Gasteiger partial charge is 0.337 e. The summed E-state index contributed by atoms with van der Waals surface area (Å²) >= 11 is 5.73. The van der Waals surface area contributed by atoms with Crippen LogP contribution in [-0.2, 0) is 0 Å². The standard InChI is InChI=1S/C10H6ClNO3/c11-9-2-1-6(3-8(9)10(13)14)7-4-12-15-5-7/h1-5H,(H,13,14). The van der Waals surface area contributed by atoms with Gasteiger partial charge in [-0.15, -0.1) is 0 Å². The molecule has 1 aromatic carbocycles.